The molecule has 0 saturated heterocycles. The lowest BCUT2D eigenvalue weighted by atomic mass is 10.1. The average molecular weight is 303 g/mol. The zero-order chi connectivity index (χ0) is 16.2. The van der Waals surface area contributed by atoms with Crippen molar-refractivity contribution in [2.45, 2.75) is 13.8 Å². The van der Waals surface area contributed by atoms with Crippen molar-refractivity contribution >= 4 is 11.6 Å². The van der Waals surface area contributed by atoms with Crippen molar-refractivity contribution in [2.75, 3.05) is 5.32 Å². The minimum absolute atomic E-state index is 0.158. The summed E-state index contributed by atoms with van der Waals surface area (Å²) in [5, 5.41) is 2.82. The van der Waals surface area contributed by atoms with E-state index >= 15 is 0 Å². The summed E-state index contributed by atoms with van der Waals surface area (Å²) < 4.78 is 0. The van der Waals surface area contributed by atoms with Crippen LogP contribution in [-0.2, 0) is 0 Å². The number of aryl methyl sites for hydroxylation is 2. The summed E-state index contributed by atoms with van der Waals surface area (Å²) in [7, 11) is 0. The fourth-order valence-corrected chi connectivity index (χ4v) is 2.27. The Morgan fingerprint density at radius 3 is 2.22 bits per heavy atom. The lowest BCUT2D eigenvalue weighted by Crippen LogP contribution is -2.13. The number of anilines is 1. The van der Waals surface area contributed by atoms with Crippen LogP contribution < -0.4 is 5.32 Å². The number of rotatable bonds is 3. The minimum Gasteiger partial charge on any atom is -0.319 e. The van der Waals surface area contributed by atoms with E-state index in [1.807, 2.05) is 56.3 Å². The molecule has 1 aromatic heterocycles. The maximum atomic E-state index is 12.3. The molecular formula is C19H17N3O. The van der Waals surface area contributed by atoms with E-state index < -0.39 is 0 Å². The Balaban J connectivity index is 1.76. The Morgan fingerprint density at radius 2 is 1.57 bits per heavy atom. The van der Waals surface area contributed by atoms with Crippen LogP contribution in [0.25, 0.3) is 11.4 Å². The average Bonchev–Trinajstić information content (AvgIpc) is 2.57. The molecule has 4 heteroatoms. The maximum Gasteiger partial charge on any atom is 0.256 e. The Bertz CT molecular complexity index is 824. The summed E-state index contributed by atoms with van der Waals surface area (Å²) in [5.74, 6) is 0.480. The summed E-state index contributed by atoms with van der Waals surface area (Å²) in [6.07, 6.45) is 3.25. The molecule has 4 nitrogen and oxygen atoms in total. The monoisotopic (exact) mass is 303 g/mol. The molecule has 0 aliphatic carbocycles. The molecule has 0 radical (unpaired) electrons. The van der Waals surface area contributed by atoms with E-state index in [4.69, 9.17) is 0 Å². The summed E-state index contributed by atoms with van der Waals surface area (Å²) in [6, 6.07) is 15.5. The van der Waals surface area contributed by atoms with E-state index in [-0.39, 0.29) is 5.91 Å². The Labute approximate surface area is 135 Å². The van der Waals surface area contributed by atoms with Gasteiger partial charge in [-0.25, -0.2) is 9.97 Å². The predicted octanol–water partition coefficient (Wildman–Crippen LogP) is 4.01. The molecule has 23 heavy (non-hydrogen) atoms. The van der Waals surface area contributed by atoms with E-state index in [2.05, 4.69) is 15.3 Å². The molecule has 114 valence electrons. The Morgan fingerprint density at radius 1 is 0.913 bits per heavy atom. The molecule has 3 aromatic rings. The van der Waals surface area contributed by atoms with Gasteiger partial charge in [0, 0.05) is 11.1 Å². The summed E-state index contributed by atoms with van der Waals surface area (Å²) in [5.41, 5.74) is 4.30. The highest BCUT2D eigenvalue weighted by atomic mass is 16.1. The van der Waals surface area contributed by atoms with Crippen molar-refractivity contribution in [3.05, 3.63) is 77.6 Å². The zero-order valence-electron chi connectivity index (χ0n) is 13.1. The van der Waals surface area contributed by atoms with Gasteiger partial charge in [0.2, 0.25) is 0 Å². The zero-order valence-corrected chi connectivity index (χ0v) is 13.1. The highest BCUT2D eigenvalue weighted by Gasteiger charge is 2.09. The topological polar surface area (TPSA) is 54.9 Å². The molecule has 0 bridgehead atoms. The van der Waals surface area contributed by atoms with Crippen LogP contribution in [0.4, 0.5) is 5.69 Å². The van der Waals surface area contributed by atoms with E-state index in [1.54, 1.807) is 18.5 Å². The van der Waals surface area contributed by atoms with Crippen molar-refractivity contribution in [3.8, 4) is 11.4 Å². The number of carbonyl (C=O) groups is 1. The number of amides is 1. The fourth-order valence-electron chi connectivity index (χ4n) is 2.27. The van der Waals surface area contributed by atoms with Gasteiger partial charge in [0.1, 0.15) is 0 Å². The predicted molar refractivity (Wildman–Crippen MR) is 91.3 cm³/mol. The normalized spacial score (nSPS) is 10.3. The lowest BCUT2D eigenvalue weighted by Gasteiger charge is -2.07. The molecule has 1 heterocycles. The number of benzene rings is 2. The number of nitrogens with zero attached hydrogens (tertiary/aromatic N) is 2. The summed E-state index contributed by atoms with van der Waals surface area (Å²) >= 11 is 0. The Hall–Kier alpha value is -3.01. The van der Waals surface area contributed by atoms with Crippen LogP contribution in [-0.4, -0.2) is 15.9 Å². The molecule has 0 fully saturated rings. The second-order valence-corrected chi connectivity index (χ2v) is 5.43. The van der Waals surface area contributed by atoms with Gasteiger partial charge < -0.3 is 5.32 Å². The quantitative estimate of drug-likeness (QED) is 0.795. The van der Waals surface area contributed by atoms with Gasteiger partial charge in [-0.05, 0) is 25.5 Å². The van der Waals surface area contributed by atoms with Gasteiger partial charge in [0.25, 0.3) is 5.91 Å². The van der Waals surface area contributed by atoms with Gasteiger partial charge in [0.15, 0.2) is 5.82 Å². The van der Waals surface area contributed by atoms with E-state index in [9.17, 15) is 4.79 Å². The molecule has 3 rings (SSSR count). The van der Waals surface area contributed by atoms with Crippen LogP contribution in [0.2, 0.25) is 0 Å². The first kappa shape index (κ1) is 14.9. The van der Waals surface area contributed by atoms with Crippen LogP contribution >= 0.6 is 0 Å². The van der Waals surface area contributed by atoms with Gasteiger partial charge in [-0.2, -0.15) is 0 Å². The van der Waals surface area contributed by atoms with Gasteiger partial charge in [-0.15, -0.1) is 0 Å². The van der Waals surface area contributed by atoms with Gasteiger partial charge in [-0.1, -0.05) is 48.0 Å². The second kappa shape index (κ2) is 6.40. The first-order chi connectivity index (χ1) is 11.1. The summed E-state index contributed by atoms with van der Waals surface area (Å²) in [6.45, 7) is 3.95. The summed E-state index contributed by atoms with van der Waals surface area (Å²) in [4.78, 5) is 20.9. The number of hydrogen-bond donors (Lipinski definition) is 1. The number of carbonyl (C=O) groups excluding carboxylic acids is 1. The first-order valence-corrected chi connectivity index (χ1v) is 7.39. The molecule has 0 aliphatic heterocycles. The maximum absolute atomic E-state index is 12.3. The molecule has 0 spiro atoms. The molecule has 0 saturated carbocycles. The second-order valence-electron chi connectivity index (χ2n) is 5.43. The minimum atomic E-state index is -0.158. The molecule has 1 N–H and O–H groups in total. The van der Waals surface area contributed by atoms with Crippen LogP contribution in [0.5, 0.6) is 0 Å². The third-order valence-corrected chi connectivity index (χ3v) is 3.61. The van der Waals surface area contributed by atoms with E-state index in [1.165, 1.54) is 5.56 Å². The van der Waals surface area contributed by atoms with Crippen molar-refractivity contribution in [1.29, 1.82) is 0 Å². The van der Waals surface area contributed by atoms with Crippen molar-refractivity contribution < 1.29 is 4.79 Å². The van der Waals surface area contributed by atoms with Crippen LogP contribution in [0, 0.1) is 13.8 Å². The number of hydrogen-bond acceptors (Lipinski definition) is 3. The highest BCUT2D eigenvalue weighted by Crippen LogP contribution is 2.17. The van der Waals surface area contributed by atoms with E-state index in [0.29, 0.717) is 17.1 Å². The third-order valence-electron chi connectivity index (χ3n) is 3.61. The smallest absolute Gasteiger partial charge is 0.256 e. The fraction of sp³-hybridized carbons (Fsp3) is 0.105. The Kier molecular flexibility index (Phi) is 4.15. The van der Waals surface area contributed by atoms with Gasteiger partial charge in [0.05, 0.1) is 18.1 Å². The van der Waals surface area contributed by atoms with Crippen LogP contribution in [0.1, 0.15) is 21.5 Å². The van der Waals surface area contributed by atoms with Crippen LogP contribution in [0.3, 0.4) is 0 Å². The standard InChI is InChI=1S/C19H17N3O/c1-13-7-9-15(10-8-13)18-20-11-16(12-21-18)22-19(23)17-6-4-3-5-14(17)2/h3-12H,1-2H3,(H,22,23). The van der Waals surface area contributed by atoms with E-state index in [0.717, 1.165) is 11.1 Å². The highest BCUT2D eigenvalue weighted by molar-refractivity contribution is 6.05. The number of nitrogens with one attached hydrogen (secondary N) is 1. The lowest BCUT2D eigenvalue weighted by molar-refractivity contribution is 0.102. The van der Waals surface area contributed by atoms with Gasteiger partial charge in [-0.3, -0.25) is 4.79 Å². The number of aromatic nitrogens is 2. The van der Waals surface area contributed by atoms with Crippen molar-refractivity contribution in [3.63, 3.8) is 0 Å². The SMILES string of the molecule is Cc1ccc(-c2ncc(NC(=O)c3ccccc3C)cn2)cc1. The first-order valence-electron chi connectivity index (χ1n) is 7.39. The molecular weight excluding hydrogens is 286 g/mol. The van der Waals surface area contributed by atoms with Crippen molar-refractivity contribution in [2.24, 2.45) is 0 Å². The molecule has 0 unspecified atom stereocenters. The van der Waals surface area contributed by atoms with Crippen LogP contribution in [0.15, 0.2) is 60.9 Å². The largest absolute Gasteiger partial charge is 0.319 e. The van der Waals surface area contributed by atoms with Gasteiger partial charge >= 0.3 is 0 Å². The third kappa shape index (κ3) is 3.43. The molecule has 0 aliphatic rings. The molecule has 2 aromatic carbocycles. The van der Waals surface area contributed by atoms with Crippen molar-refractivity contribution in [1.82, 2.24) is 9.97 Å². The molecule has 1 amide bonds. The molecule has 0 atom stereocenters.